The second-order valence-corrected chi connectivity index (χ2v) is 5.58. The van der Waals surface area contributed by atoms with Crippen LogP contribution in [0.4, 0.5) is 0 Å². The summed E-state index contributed by atoms with van der Waals surface area (Å²) >= 11 is 0. The van der Waals surface area contributed by atoms with E-state index in [0.717, 1.165) is 0 Å². The maximum absolute atomic E-state index is 2.66. The lowest BCUT2D eigenvalue weighted by atomic mass is 9.88. The lowest BCUT2D eigenvalue weighted by molar-refractivity contribution is 0.136. The molecule has 84 valence electrons. The monoisotopic (exact) mass is 197 g/mol. The maximum atomic E-state index is 2.66. The van der Waals surface area contributed by atoms with E-state index in [1.165, 1.54) is 45.2 Å². The Morgan fingerprint density at radius 2 is 1.79 bits per heavy atom. The summed E-state index contributed by atoms with van der Waals surface area (Å²) < 4.78 is 0. The van der Waals surface area contributed by atoms with Crippen molar-refractivity contribution in [1.29, 1.82) is 0 Å². The summed E-state index contributed by atoms with van der Waals surface area (Å²) in [6.45, 7) is 12.0. The van der Waals surface area contributed by atoms with Gasteiger partial charge in [-0.3, -0.25) is 0 Å². The third-order valence-electron chi connectivity index (χ3n) is 3.64. The molecule has 1 aliphatic rings. The van der Waals surface area contributed by atoms with Crippen LogP contribution >= 0.6 is 0 Å². The first-order valence-corrected chi connectivity index (χ1v) is 6.31. The average molecular weight is 197 g/mol. The highest BCUT2D eigenvalue weighted by Crippen LogP contribution is 2.38. The van der Waals surface area contributed by atoms with Gasteiger partial charge in [-0.2, -0.15) is 0 Å². The van der Waals surface area contributed by atoms with Gasteiger partial charge in [0.25, 0.3) is 0 Å². The lowest BCUT2D eigenvalue weighted by Crippen LogP contribution is -2.39. The maximum Gasteiger partial charge on any atom is 0.00388 e. The second kappa shape index (κ2) is 5.16. The van der Waals surface area contributed by atoms with Gasteiger partial charge >= 0.3 is 0 Å². The fourth-order valence-electron chi connectivity index (χ4n) is 2.68. The first-order valence-electron chi connectivity index (χ1n) is 6.31. The van der Waals surface area contributed by atoms with Gasteiger partial charge in [0, 0.05) is 12.6 Å². The standard InChI is InChI=1S/C13H27N/c1-5-10-14(12(2)3)11-13(4)8-6-7-9-13/h12H,5-11H2,1-4H3. The lowest BCUT2D eigenvalue weighted by Gasteiger charge is -2.35. The highest BCUT2D eigenvalue weighted by molar-refractivity contribution is 4.84. The average Bonchev–Trinajstić information content (AvgIpc) is 2.51. The second-order valence-electron chi connectivity index (χ2n) is 5.58. The molecular weight excluding hydrogens is 170 g/mol. The summed E-state index contributed by atoms with van der Waals surface area (Å²) in [6.07, 6.45) is 7.08. The van der Waals surface area contributed by atoms with E-state index in [0.29, 0.717) is 11.5 Å². The van der Waals surface area contributed by atoms with Gasteiger partial charge in [-0.1, -0.05) is 26.7 Å². The molecule has 1 nitrogen and oxygen atoms in total. The minimum Gasteiger partial charge on any atom is -0.300 e. The third kappa shape index (κ3) is 3.27. The summed E-state index contributed by atoms with van der Waals surface area (Å²) in [6, 6.07) is 0.715. The Bertz CT molecular complexity index is 157. The normalized spacial score (nSPS) is 21.0. The van der Waals surface area contributed by atoms with Gasteiger partial charge in [0.1, 0.15) is 0 Å². The molecule has 0 aromatic heterocycles. The molecule has 1 fully saturated rings. The van der Waals surface area contributed by atoms with E-state index in [2.05, 4.69) is 32.6 Å². The number of nitrogens with zero attached hydrogens (tertiary/aromatic N) is 1. The van der Waals surface area contributed by atoms with E-state index in [4.69, 9.17) is 0 Å². The molecule has 1 rings (SSSR count). The third-order valence-corrected chi connectivity index (χ3v) is 3.64. The molecule has 0 saturated heterocycles. The van der Waals surface area contributed by atoms with Crippen LogP contribution in [0.2, 0.25) is 0 Å². The SMILES string of the molecule is CCCN(CC1(C)CCCC1)C(C)C. The summed E-state index contributed by atoms with van der Waals surface area (Å²) in [7, 11) is 0. The number of hydrogen-bond acceptors (Lipinski definition) is 1. The first-order chi connectivity index (χ1) is 6.57. The van der Waals surface area contributed by atoms with Gasteiger partial charge < -0.3 is 4.90 Å². The van der Waals surface area contributed by atoms with Crippen LogP contribution in [0.3, 0.4) is 0 Å². The summed E-state index contributed by atoms with van der Waals surface area (Å²) in [5, 5.41) is 0. The van der Waals surface area contributed by atoms with Gasteiger partial charge in [0.05, 0.1) is 0 Å². The van der Waals surface area contributed by atoms with E-state index in [1.54, 1.807) is 0 Å². The van der Waals surface area contributed by atoms with Gasteiger partial charge in [-0.15, -0.1) is 0 Å². The molecule has 0 aromatic carbocycles. The van der Waals surface area contributed by atoms with Crippen molar-refractivity contribution in [3.05, 3.63) is 0 Å². The van der Waals surface area contributed by atoms with E-state index >= 15 is 0 Å². The Hall–Kier alpha value is -0.0400. The summed E-state index contributed by atoms with van der Waals surface area (Å²) in [5.74, 6) is 0. The van der Waals surface area contributed by atoms with Crippen LogP contribution in [-0.4, -0.2) is 24.0 Å². The zero-order chi connectivity index (χ0) is 10.6. The molecule has 0 spiro atoms. The molecule has 1 heteroatoms. The fraction of sp³-hybridized carbons (Fsp3) is 1.00. The van der Waals surface area contributed by atoms with Crippen LogP contribution in [0.5, 0.6) is 0 Å². The van der Waals surface area contributed by atoms with Crippen LogP contribution in [-0.2, 0) is 0 Å². The van der Waals surface area contributed by atoms with Crippen molar-refractivity contribution in [2.24, 2.45) is 5.41 Å². The van der Waals surface area contributed by atoms with Crippen molar-refractivity contribution in [3.63, 3.8) is 0 Å². The van der Waals surface area contributed by atoms with Gasteiger partial charge in [-0.05, 0) is 45.1 Å². The minimum absolute atomic E-state index is 0.624. The molecule has 0 bridgehead atoms. The zero-order valence-electron chi connectivity index (χ0n) is 10.5. The molecular formula is C13H27N. The molecule has 0 aliphatic heterocycles. The molecule has 0 heterocycles. The van der Waals surface area contributed by atoms with Crippen molar-refractivity contribution in [2.75, 3.05) is 13.1 Å². The van der Waals surface area contributed by atoms with Crippen molar-refractivity contribution >= 4 is 0 Å². The Morgan fingerprint density at radius 3 is 2.21 bits per heavy atom. The first kappa shape index (κ1) is 12.0. The Morgan fingerprint density at radius 1 is 1.21 bits per heavy atom. The topological polar surface area (TPSA) is 3.24 Å². The molecule has 0 aromatic rings. The van der Waals surface area contributed by atoms with Gasteiger partial charge in [0.15, 0.2) is 0 Å². The molecule has 0 radical (unpaired) electrons. The predicted molar refractivity (Wildman–Crippen MR) is 63.6 cm³/mol. The van der Waals surface area contributed by atoms with Crippen LogP contribution in [0, 0.1) is 5.41 Å². The van der Waals surface area contributed by atoms with E-state index < -0.39 is 0 Å². The molecule has 0 N–H and O–H groups in total. The molecule has 0 unspecified atom stereocenters. The Balaban J connectivity index is 2.45. The fourth-order valence-corrected chi connectivity index (χ4v) is 2.68. The van der Waals surface area contributed by atoms with Crippen molar-refractivity contribution in [3.8, 4) is 0 Å². The van der Waals surface area contributed by atoms with Crippen LogP contribution in [0.15, 0.2) is 0 Å². The quantitative estimate of drug-likeness (QED) is 0.650. The van der Waals surface area contributed by atoms with Crippen molar-refractivity contribution < 1.29 is 0 Å². The Kier molecular flexibility index (Phi) is 4.43. The minimum atomic E-state index is 0.624. The zero-order valence-corrected chi connectivity index (χ0v) is 10.5. The Labute approximate surface area is 89.9 Å². The molecule has 0 atom stereocenters. The van der Waals surface area contributed by atoms with Crippen molar-refractivity contribution in [1.82, 2.24) is 4.90 Å². The smallest absolute Gasteiger partial charge is 0.00388 e. The van der Waals surface area contributed by atoms with E-state index in [9.17, 15) is 0 Å². The predicted octanol–water partition coefficient (Wildman–Crippen LogP) is 3.69. The highest BCUT2D eigenvalue weighted by atomic mass is 15.1. The van der Waals surface area contributed by atoms with E-state index in [-0.39, 0.29) is 0 Å². The number of rotatable bonds is 5. The van der Waals surface area contributed by atoms with Gasteiger partial charge in [-0.25, -0.2) is 0 Å². The number of hydrogen-bond donors (Lipinski definition) is 0. The molecule has 0 amide bonds. The molecule has 14 heavy (non-hydrogen) atoms. The molecule has 1 saturated carbocycles. The summed E-state index contributed by atoms with van der Waals surface area (Å²) in [4.78, 5) is 2.66. The summed E-state index contributed by atoms with van der Waals surface area (Å²) in [5.41, 5.74) is 0.624. The highest BCUT2D eigenvalue weighted by Gasteiger charge is 2.30. The van der Waals surface area contributed by atoms with Crippen LogP contribution < -0.4 is 0 Å². The molecule has 1 aliphatic carbocycles. The van der Waals surface area contributed by atoms with Crippen molar-refractivity contribution in [2.45, 2.75) is 65.8 Å². The van der Waals surface area contributed by atoms with E-state index in [1.807, 2.05) is 0 Å². The van der Waals surface area contributed by atoms with Crippen LogP contribution in [0.1, 0.15) is 59.8 Å². The van der Waals surface area contributed by atoms with Crippen LogP contribution in [0.25, 0.3) is 0 Å². The van der Waals surface area contributed by atoms with Gasteiger partial charge in [0.2, 0.25) is 0 Å². The largest absolute Gasteiger partial charge is 0.300 e.